The number of amides is 2. The number of hydrogen-bond acceptors (Lipinski definition) is 5. The van der Waals surface area contributed by atoms with Gasteiger partial charge in [-0.1, -0.05) is 70.0 Å². The Kier molecular flexibility index (Phi) is 8.36. The fraction of sp³-hybridized carbons (Fsp3) is 0.231. The van der Waals surface area contributed by atoms with Crippen molar-refractivity contribution in [2.45, 2.75) is 32.3 Å². The minimum Gasteiger partial charge on any atom is -0.507 e. The molecule has 0 spiro atoms. The molecule has 2 heterocycles. The normalized spacial score (nSPS) is 22.7. The van der Waals surface area contributed by atoms with Crippen molar-refractivity contribution in [3.63, 3.8) is 0 Å². The number of imide groups is 1. The molecule has 0 unspecified atom stereocenters. The van der Waals surface area contributed by atoms with Gasteiger partial charge in [-0.2, -0.15) is 0 Å². The largest absolute Gasteiger partial charge is 0.507 e. The third-order valence-corrected chi connectivity index (χ3v) is 9.97. The summed E-state index contributed by atoms with van der Waals surface area (Å²) in [6, 6.07) is 33.0. The monoisotopic (exact) mass is 674 g/mol. The summed E-state index contributed by atoms with van der Waals surface area (Å²) < 4.78 is 7.32. The van der Waals surface area contributed by atoms with Crippen molar-refractivity contribution < 1.29 is 19.4 Å². The third-order valence-electron chi connectivity index (χ3n) is 9.48. The van der Waals surface area contributed by atoms with Gasteiger partial charge < -0.3 is 15.2 Å². The number of carbonyl (C=O) groups is 2. The Labute approximate surface area is 277 Å². The van der Waals surface area contributed by atoms with E-state index in [9.17, 15) is 14.7 Å². The van der Waals surface area contributed by atoms with Crippen LogP contribution in [0.4, 0.5) is 17.1 Å². The van der Waals surface area contributed by atoms with Crippen LogP contribution in [0.2, 0.25) is 0 Å². The molecule has 4 aromatic rings. The first kappa shape index (κ1) is 30.2. The van der Waals surface area contributed by atoms with Gasteiger partial charge in [-0.25, -0.2) is 0 Å². The van der Waals surface area contributed by atoms with E-state index in [2.05, 4.69) is 40.3 Å². The summed E-state index contributed by atoms with van der Waals surface area (Å²) >= 11 is 3.52. The van der Waals surface area contributed by atoms with Gasteiger partial charge in [0.2, 0.25) is 11.8 Å². The molecular weight excluding hydrogens is 640 g/mol. The lowest BCUT2D eigenvalue weighted by molar-refractivity contribution is -0.122. The van der Waals surface area contributed by atoms with Crippen molar-refractivity contribution in [1.29, 1.82) is 0 Å². The SMILES string of the molecule is CC1=C2[C@@H](CC/C(=C/c3cc(Br)ccc3O)c3ccccc3)OC[C@@H]2[C@@H]2C(=O)N(c3ccc(Nc4ccccc4)cc3)C(=O)[C@@H]2C1. The number of phenols is 1. The first-order chi connectivity index (χ1) is 22.4. The number of anilines is 3. The van der Waals surface area contributed by atoms with Crippen molar-refractivity contribution in [3.05, 3.63) is 130 Å². The Morgan fingerprint density at radius 2 is 1.61 bits per heavy atom. The number of ether oxygens (including phenoxy) is 1. The van der Waals surface area contributed by atoms with Gasteiger partial charge in [-0.05, 0) is 104 Å². The Morgan fingerprint density at radius 1 is 0.913 bits per heavy atom. The summed E-state index contributed by atoms with van der Waals surface area (Å²) in [7, 11) is 0. The topological polar surface area (TPSA) is 78.9 Å². The number of fused-ring (bicyclic) bond motifs is 3. The van der Waals surface area contributed by atoms with Crippen LogP contribution in [0.15, 0.2) is 119 Å². The van der Waals surface area contributed by atoms with E-state index in [-0.39, 0.29) is 35.5 Å². The van der Waals surface area contributed by atoms with Crippen LogP contribution >= 0.6 is 15.9 Å². The van der Waals surface area contributed by atoms with Gasteiger partial charge in [0.05, 0.1) is 30.2 Å². The van der Waals surface area contributed by atoms with Crippen LogP contribution < -0.4 is 10.2 Å². The maximum Gasteiger partial charge on any atom is 0.238 e. The molecule has 2 aliphatic heterocycles. The Morgan fingerprint density at radius 3 is 2.35 bits per heavy atom. The van der Waals surface area contributed by atoms with Crippen molar-refractivity contribution in [2.24, 2.45) is 17.8 Å². The van der Waals surface area contributed by atoms with E-state index in [0.717, 1.165) is 51.0 Å². The van der Waals surface area contributed by atoms with Gasteiger partial charge in [0, 0.05) is 27.3 Å². The minimum atomic E-state index is -0.416. The molecule has 6 nitrogen and oxygen atoms in total. The first-order valence-electron chi connectivity index (χ1n) is 15.7. The van der Waals surface area contributed by atoms with Crippen molar-refractivity contribution in [3.8, 4) is 5.75 Å². The maximum atomic E-state index is 14.0. The summed E-state index contributed by atoms with van der Waals surface area (Å²) in [5, 5.41) is 13.9. The lowest BCUT2D eigenvalue weighted by atomic mass is 9.70. The highest BCUT2D eigenvalue weighted by Gasteiger charge is 2.56. The third kappa shape index (κ3) is 5.81. The van der Waals surface area contributed by atoms with E-state index in [4.69, 9.17) is 4.74 Å². The lowest BCUT2D eigenvalue weighted by Crippen LogP contribution is -2.34. The zero-order valence-corrected chi connectivity index (χ0v) is 27.1. The van der Waals surface area contributed by atoms with Crippen molar-refractivity contribution >= 4 is 56.5 Å². The van der Waals surface area contributed by atoms with Crippen LogP contribution in [0.25, 0.3) is 11.6 Å². The van der Waals surface area contributed by atoms with Crippen LogP contribution in [0.5, 0.6) is 5.75 Å². The van der Waals surface area contributed by atoms with Crippen LogP contribution in [0, 0.1) is 17.8 Å². The summed E-state index contributed by atoms with van der Waals surface area (Å²) in [4.78, 5) is 29.1. The second-order valence-electron chi connectivity index (χ2n) is 12.3. The molecule has 0 aromatic heterocycles. The van der Waals surface area contributed by atoms with E-state index in [1.807, 2.05) is 91.0 Å². The predicted octanol–water partition coefficient (Wildman–Crippen LogP) is 8.76. The number of aromatic hydroxyl groups is 1. The molecule has 4 aromatic carbocycles. The fourth-order valence-corrected chi connectivity index (χ4v) is 7.71. The number of phenolic OH excluding ortho intramolecular Hbond substituents is 1. The number of rotatable bonds is 8. The van der Waals surface area contributed by atoms with Crippen LogP contribution in [-0.2, 0) is 14.3 Å². The van der Waals surface area contributed by atoms with Gasteiger partial charge in [0.1, 0.15) is 5.75 Å². The molecular formula is C39H35BrN2O4. The Hall–Kier alpha value is -4.46. The molecule has 46 heavy (non-hydrogen) atoms. The number of allylic oxidation sites excluding steroid dienone is 2. The smallest absolute Gasteiger partial charge is 0.238 e. The number of halogens is 1. The quantitative estimate of drug-likeness (QED) is 0.111. The molecule has 0 saturated carbocycles. The fourth-order valence-electron chi connectivity index (χ4n) is 7.33. The molecule has 2 N–H and O–H groups in total. The van der Waals surface area contributed by atoms with Gasteiger partial charge in [0.15, 0.2) is 0 Å². The van der Waals surface area contributed by atoms with E-state index in [1.54, 1.807) is 6.07 Å². The van der Waals surface area contributed by atoms with Gasteiger partial charge in [-0.3, -0.25) is 14.5 Å². The molecule has 2 fully saturated rings. The van der Waals surface area contributed by atoms with E-state index in [1.165, 1.54) is 10.5 Å². The predicted molar refractivity (Wildman–Crippen MR) is 186 cm³/mol. The highest BCUT2D eigenvalue weighted by molar-refractivity contribution is 9.10. The van der Waals surface area contributed by atoms with Gasteiger partial charge in [-0.15, -0.1) is 0 Å². The molecule has 7 rings (SSSR count). The number of carbonyl (C=O) groups excluding carboxylic acids is 2. The molecule has 0 radical (unpaired) electrons. The van der Waals surface area contributed by atoms with Crippen LogP contribution in [0.3, 0.4) is 0 Å². The summed E-state index contributed by atoms with van der Waals surface area (Å²) in [6.07, 6.45) is 3.93. The second-order valence-corrected chi connectivity index (χ2v) is 13.2. The Balaban J connectivity index is 1.09. The molecule has 2 amide bonds. The number of para-hydroxylation sites is 1. The molecule has 232 valence electrons. The molecule has 7 heteroatoms. The highest BCUT2D eigenvalue weighted by Crippen LogP contribution is 2.50. The van der Waals surface area contributed by atoms with E-state index in [0.29, 0.717) is 18.7 Å². The number of nitrogens with one attached hydrogen (secondary N) is 1. The van der Waals surface area contributed by atoms with Crippen LogP contribution in [-0.4, -0.2) is 29.6 Å². The second kappa shape index (κ2) is 12.7. The molecule has 0 bridgehead atoms. The zero-order chi connectivity index (χ0) is 31.8. The number of hydrogen-bond donors (Lipinski definition) is 2. The van der Waals surface area contributed by atoms with Crippen molar-refractivity contribution in [1.82, 2.24) is 0 Å². The molecule has 2 saturated heterocycles. The average molecular weight is 676 g/mol. The summed E-state index contributed by atoms with van der Waals surface area (Å²) in [6.45, 7) is 2.53. The summed E-state index contributed by atoms with van der Waals surface area (Å²) in [5.74, 6) is -0.924. The molecule has 3 aliphatic rings. The van der Waals surface area contributed by atoms with E-state index >= 15 is 0 Å². The first-order valence-corrected chi connectivity index (χ1v) is 16.5. The summed E-state index contributed by atoms with van der Waals surface area (Å²) in [5.41, 5.74) is 7.73. The van der Waals surface area contributed by atoms with Crippen LogP contribution in [0.1, 0.15) is 37.3 Å². The van der Waals surface area contributed by atoms with E-state index < -0.39 is 5.92 Å². The highest BCUT2D eigenvalue weighted by atomic mass is 79.9. The molecule has 1 aliphatic carbocycles. The Bertz CT molecular complexity index is 1840. The standard InChI is InChI=1S/C39H35BrN2O4/c1-24-20-32-37(39(45)42(38(32)44)31-16-14-30(15-17-31)41-29-10-6-3-7-11-29)33-23-46-35(36(24)33)19-12-26(25-8-4-2-5-9-25)21-27-22-28(40)13-18-34(27)43/h2-11,13-18,21-22,32-33,35,37,41,43H,12,19-20,23H2,1H3/b26-21-/t32-,33+,35-,37-/m1/s1. The van der Waals surface area contributed by atoms with Gasteiger partial charge >= 0.3 is 0 Å². The maximum absolute atomic E-state index is 14.0. The lowest BCUT2D eigenvalue weighted by Gasteiger charge is -2.30. The zero-order valence-electron chi connectivity index (χ0n) is 25.5. The van der Waals surface area contributed by atoms with Crippen molar-refractivity contribution in [2.75, 3.05) is 16.8 Å². The molecule has 4 atom stereocenters. The minimum absolute atomic E-state index is 0.109. The number of benzene rings is 4. The van der Waals surface area contributed by atoms with Gasteiger partial charge in [0.25, 0.3) is 0 Å². The average Bonchev–Trinajstić information content (AvgIpc) is 3.60. The number of nitrogens with zero attached hydrogens (tertiary/aromatic N) is 1.